The van der Waals surface area contributed by atoms with Crippen molar-refractivity contribution in [3.8, 4) is 0 Å². The van der Waals surface area contributed by atoms with E-state index in [0.717, 1.165) is 51.4 Å². The summed E-state index contributed by atoms with van der Waals surface area (Å²) < 4.78 is 10.3. The van der Waals surface area contributed by atoms with Crippen LogP contribution in [0.15, 0.2) is 24.3 Å². The van der Waals surface area contributed by atoms with Crippen molar-refractivity contribution in [1.29, 1.82) is 0 Å². The van der Waals surface area contributed by atoms with Crippen LogP contribution >= 0.6 is 0 Å². The standard InChI is InChI=1S/C25H42O4/c1-4-7-8-12-15-21-18-19-22(23(20-21)25(27)29-6-3)16-13-10-9-11-14-17-24(26)28-5-2/h12,15,18-19,21-23H,4-11,13-14,16-17,20H2,1-3H3/b15-12-/t21-,22+,23-/m0/s1. The van der Waals surface area contributed by atoms with Gasteiger partial charge in [0.25, 0.3) is 0 Å². The zero-order valence-corrected chi connectivity index (χ0v) is 18.9. The molecule has 0 N–H and O–H groups in total. The van der Waals surface area contributed by atoms with E-state index < -0.39 is 0 Å². The van der Waals surface area contributed by atoms with E-state index in [9.17, 15) is 9.59 Å². The highest BCUT2D eigenvalue weighted by Gasteiger charge is 2.32. The number of allylic oxidation sites excluding steroid dienone is 4. The third kappa shape index (κ3) is 11.3. The van der Waals surface area contributed by atoms with Crippen molar-refractivity contribution in [3.05, 3.63) is 24.3 Å². The maximum absolute atomic E-state index is 12.5. The molecule has 0 radical (unpaired) electrons. The molecule has 1 rings (SSSR count). The fourth-order valence-electron chi connectivity index (χ4n) is 3.93. The number of carbonyl (C=O) groups is 2. The van der Waals surface area contributed by atoms with Crippen molar-refractivity contribution in [2.75, 3.05) is 13.2 Å². The molecule has 0 unspecified atom stereocenters. The lowest BCUT2D eigenvalue weighted by molar-refractivity contribution is -0.150. The van der Waals surface area contributed by atoms with Gasteiger partial charge in [0.15, 0.2) is 0 Å². The second-order valence-corrected chi connectivity index (χ2v) is 7.99. The Morgan fingerprint density at radius 1 is 0.931 bits per heavy atom. The summed E-state index contributed by atoms with van der Waals surface area (Å²) in [6.07, 6.45) is 20.4. The summed E-state index contributed by atoms with van der Waals surface area (Å²) in [5, 5.41) is 0. The number of carbonyl (C=O) groups excluding carboxylic acids is 2. The van der Waals surface area contributed by atoms with Crippen LogP contribution in [0.3, 0.4) is 0 Å². The number of rotatable bonds is 15. The van der Waals surface area contributed by atoms with Crippen LogP contribution in [0, 0.1) is 17.8 Å². The maximum atomic E-state index is 12.5. The molecule has 0 aromatic heterocycles. The molecular weight excluding hydrogens is 364 g/mol. The van der Waals surface area contributed by atoms with Crippen LogP contribution in [-0.2, 0) is 19.1 Å². The van der Waals surface area contributed by atoms with Gasteiger partial charge in [-0.25, -0.2) is 0 Å². The van der Waals surface area contributed by atoms with E-state index in [1.807, 2.05) is 13.8 Å². The Hall–Kier alpha value is -1.58. The predicted molar refractivity (Wildman–Crippen MR) is 118 cm³/mol. The van der Waals surface area contributed by atoms with Crippen LogP contribution < -0.4 is 0 Å². The van der Waals surface area contributed by atoms with E-state index in [2.05, 4.69) is 31.2 Å². The zero-order valence-electron chi connectivity index (χ0n) is 18.9. The molecule has 4 heteroatoms. The molecule has 29 heavy (non-hydrogen) atoms. The number of hydrogen-bond donors (Lipinski definition) is 0. The first-order valence-corrected chi connectivity index (χ1v) is 11.8. The quantitative estimate of drug-likeness (QED) is 0.179. The minimum absolute atomic E-state index is 0.0235. The number of esters is 2. The fourth-order valence-corrected chi connectivity index (χ4v) is 3.93. The van der Waals surface area contributed by atoms with Crippen molar-refractivity contribution >= 4 is 11.9 Å². The van der Waals surface area contributed by atoms with Crippen molar-refractivity contribution in [3.63, 3.8) is 0 Å². The highest BCUT2D eigenvalue weighted by atomic mass is 16.5. The van der Waals surface area contributed by atoms with Crippen molar-refractivity contribution in [2.24, 2.45) is 17.8 Å². The van der Waals surface area contributed by atoms with Crippen molar-refractivity contribution in [1.82, 2.24) is 0 Å². The van der Waals surface area contributed by atoms with Gasteiger partial charge >= 0.3 is 11.9 Å². The first-order valence-electron chi connectivity index (χ1n) is 11.8. The summed E-state index contributed by atoms with van der Waals surface area (Å²) in [4.78, 5) is 23.8. The van der Waals surface area contributed by atoms with Gasteiger partial charge in [-0.15, -0.1) is 0 Å². The third-order valence-corrected chi connectivity index (χ3v) is 5.57. The van der Waals surface area contributed by atoms with E-state index in [1.165, 1.54) is 12.8 Å². The van der Waals surface area contributed by atoms with E-state index >= 15 is 0 Å². The van der Waals surface area contributed by atoms with E-state index in [4.69, 9.17) is 9.47 Å². The lowest BCUT2D eigenvalue weighted by atomic mass is 9.76. The van der Waals surface area contributed by atoms with Crippen molar-refractivity contribution < 1.29 is 19.1 Å². The van der Waals surface area contributed by atoms with E-state index in [1.54, 1.807) is 0 Å². The molecule has 4 nitrogen and oxygen atoms in total. The Bertz CT molecular complexity index is 509. The minimum Gasteiger partial charge on any atom is -0.466 e. The van der Waals surface area contributed by atoms with Gasteiger partial charge in [-0.3, -0.25) is 9.59 Å². The second-order valence-electron chi connectivity index (χ2n) is 7.99. The molecule has 0 saturated carbocycles. The SMILES string of the molecule is CCCC/C=C\[C@H]1C=C[C@@H](CCCCCCCC(=O)OCC)[C@@H](C(=O)OCC)C1. The Labute approximate surface area is 178 Å². The molecule has 0 saturated heterocycles. The average Bonchev–Trinajstić information content (AvgIpc) is 2.71. The Morgan fingerprint density at radius 2 is 1.66 bits per heavy atom. The molecule has 1 aliphatic rings. The number of unbranched alkanes of at least 4 members (excludes halogenated alkanes) is 6. The lowest BCUT2D eigenvalue weighted by Gasteiger charge is -2.29. The van der Waals surface area contributed by atoms with Crippen LogP contribution in [-0.4, -0.2) is 25.2 Å². The number of hydrogen-bond acceptors (Lipinski definition) is 4. The molecule has 0 amide bonds. The molecule has 0 fully saturated rings. The first kappa shape index (κ1) is 25.5. The maximum Gasteiger partial charge on any atom is 0.309 e. The molecule has 0 bridgehead atoms. The molecule has 1 aliphatic carbocycles. The molecule has 0 aromatic carbocycles. The van der Waals surface area contributed by atoms with Gasteiger partial charge < -0.3 is 9.47 Å². The molecular formula is C25H42O4. The summed E-state index contributed by atoms with van der Waals surface area (Å²) in [5.74, 6) is 0.484. The van der Waals surface area contributed by atoms with Gasteiger partial charge in [-0.2, -0.15) is 0 Å². The van der Waals surface area contributed by atoms with Gasteiger partial charge in [-0.1, -0.05) is 69.8 Å². The monoisotopic (exact) mass is 406 g/mol. The topological polar surface area (TPSA) is 52.6 Å². The largest absolute Gasteiger partial charge is 0.466 e. The Morgan fingerprint density at radius 3 is 2.38 bits per heavy atom. The van der Waals surface area contributed by atoms with Gasteiger partial charge in [-0.05, 0) is 51.4 Å². The summed E-state index contributed by atoms with van der Waals surface area (Å²) >= 11 is 0. The third-order valence-electron chi connectivity index (χ3n) is 5.57. The van der Waals surface area contributed by atoms with Crippen LogP contribution in [0.25, 0.3) is 0 Å². The summed E-state index contributed by atoms with van der Waals surface area (Å²) in [6.45, 7) is 6.83. The van der Waals surface area contributed by atoms with E-state index in [-0.39, 0.29) is 23.8 Å². The fraction of sp³-hybridized carbons (Fsp3) is 0.760. The first-order chi connectivity index (χ1) is 14.1. The highest BCUT2D eigenvalue weighted by molar-refractivity contribution is 5.73. The van der Waals surface area contributed by atoms with Crippen LogP contribution in [0.2, 0.25) is 0 Å². The van der Waals surface area contributed by atoms with Crippen LogP contribution in [0.5, 0.6) is 0 Å². The Balaban J connectivity index is 2.39. The van der Waals surface area contributed by atoms with Gasteiger partial charge in [0.05, 0.1) is 19.1 Å². The summed E-state index contributed by atoms with van der Waals surface area (Å²) in [5.41, 5.74) is 0. The Kier molecular flexibility index (Phi) is 14.3. The van der Waals surface area contributed by atoms with Crippen LogP contribution in [0.4, 0.5) is 0 Å². The zero-order chi connectivity index (χ0) is 21.3. The molecule has 0 spiro atoms. The number of ether oxygens (including phenoxy) is 2. The minimum atomic E-state index is -0.0876. The predicted octanol–water partition coefficient (Wildman–Crippen LogP) is 6.40. The molecule has 0 heterocycles. The van der Waals surface area contributed by atoms with Gasteiger partial charge in [0.2, 0.25) is 0 Å². The second kappa shape index (κ2) is 16.2. The normalized spacial score (nSPS) is 21.4. The van der Waals surface area contributed by atoms with Crippen molar-refractivity contribution in [2.45, 2.75) is 91.4 Å². The molecule has 166 valence electrons. The summed E-state index contributed by atoms with van der Waals surface area (Å²) in [6, 6.07) is 0. The summed E-state index contributed by atoms with van der Waals surface area (Å²) in [7, 11) is 0. The molecule has 3 atom stereocenters. The van der Waals surface area contributed by atoms with Gasteiger partial charge in [0, 0.05) is 6.42 Å². The van der Waals surface area contributed by atoms with Gasteiger partial charge in [0.1, 0.15) is 0 Å². The average molecular weight is 407 g/mol. The lowest BCUT2D eigenvalue weighted by Crippen LogP contribution is -2.29. The highest BCUT2D eigenvalue weighted by Crippen LogP contribution is 2.34. The smallest absolute Gasteiger partial charge is 0.309 e. The van der Waals surface area contributed by atoms with Crippen LogP contribution in [0.1, 0.15) is 91.4 Å². The molecule has 0 aliphatic heterocycles. The van der Waals surface area contributed by atoms with E-state index in [0.29, 0.717) is 25.6 Å². The molecule has 0 aromatic rings.